The van der Waals surface area contributed by atoms with Gasteiger partial charge in [0.1, 0.15) is 11.4 Å². The van der Waals surface area contributed by atoms with Gasteiger partial charge in [-0.25, -0.2) is 14.8 Å². The molecule has 1 aliphatic rings. The van der Waals surface area contributed by atoms with Gasteiger partial charge in [-0.2, -0.15) is 5.10 Å². The molecule has 11 nitrogen and oxygen atoms in total. The Morgan fingerprint density at radius 2 is 1.86 bits per heavy atom. The zero-order valence-electron chi connectivity index (χ0n) is 22.3. The van der Waals surface area contributed by atoms with Crippen molar-refractivity contribution in [1.29, 1.82) is 0 Å². The van der Waals surface area contributed by atoms with E-state index in [0.717, 1.165) is 16.5 Å². The van der Waals surface area contributed by atoms with Gasteiger partial charge in [-0.1, -0.05) is 0 Å². The maximum absolute atomic E-state index is 12.9. The van der Waals surface area contributed by atoms with Crippen LogP contribution in [0.4, 0.5) is 4.79 Å². The zero-order valence-corrected chi connectivity index (χ0v) is 22.3. The second-order valence-corrected chi connectivity index (χ2v) is 10.3. The number of rotatable bonds is 7. The van der Waals surface area contributed by atoms with Gasteiger partial charge < -0.3 is 24.8 Å². The Morgan fingerprint density at radius 3 is 2.51 bits per heavy atom. The normalized spacial score (nSPS) is 17.3. The Bertz CT molecular complexity index is 1320. The lowest BCUT2D eigenvalue weighted by Crippen LogP contribution is -2.54. The fourth-order valence-electron chi connectivity index (χ4n) is 4.32. The molecule has 11 heteroatoms. The van der Waals surface area contributed by atoms with Gasteiger partial charge in [0.2, 0.25) is 0 Å². The Kier molecular flexibility index (Phi) is 7.35. The van der Waals surface area contributed by atoms with Gasteiger partial charge in [0.15, 0.2) is 12.6 Å². The van der Waals surface area contributed by atoms with Crippen LogP contribution in [-0.2, 0) is 16.5 Å². The summed E-state index contributed by atoms with van der Waals surface area (Å²) in [6, 6.07) is 1.85. The molecule has 0 unspecified atom stereocenters. The van der Waals surface area contributed by atoms with Crippen molar-refractivity contribution >= 4 is 22.9 Å². The van der Waals surface area contributed by atoms with Crippen LogP contribution in [0.15, 0.2) is 18.5 Å². The molecule has 0 aliphatic heterocycles. The van der Waals surface area contributed by atoms with Crippen LogP contribution >= 0.6 is 0 Å². The number of fused-ring (bicyclic) bond motifs is 1. The maximum atomic E-state index is 12.9. The molecular weight excluding hydrogens is 476 g/mol. The van der Waals surface area contributed by atoms with E-state index in [2.05, 4.69) is 25.7 Å². The summed E-state index contributed by atoms with van der Waals surface area (Å²) in [4.78, 5) is 34.0. The number of benzene rings is 1. The molecule has 1 aliphatic carbocycles. The quantitative estimate of drug-likeness (QED) is 0.463. The fraction of sp³-hybridized carbons (Fsp3) is 0.500. The number of alkyl carbamates (subject to hydrolysis) is 1. The number of amides is 2. The van der Waals surface area contributed by atoms with E-state index in [1.165, 1.54) is 6.20 Å². The molecular formula is C26H34N6O5. The first-order valence-electron chi connectivity index (χ1n) is 12.2. The van der Waals surface area contributed by atoms with Crippen LogP contribution in [0.5, 0.6) is 5.75 Å². The standard InChI is InChI=1S/C26H34N6O5/c1-14-21-16(12-32(6)31-21)8-19(22(14)36-13-35-7)23-27-11-20(15(2)28-23)24(33)29-17-9-18(10-17)30-25(34)37-26(3,4)5/h8,11-12,17-18H,9-10,13H2,1-7H3,(H,29,33)(H,30,34). The number of aryl methyl sites for hydroxylation is 3. The highest BCUT2D eigenvalue weighted by Gasteiger charge is 2.33. The van der Waals surface area contributed by atoms with E-state index in [0.29, 0.717) is 41.2 Å². The molecule has 0 saturated heterocycles. The summed E-state index contributed by atoms with van der Waals surface area (Å²) in [7, 11) is 3.42. The number of nitrogens with one attached hydrogen (secondary N) is 2. The van der Waals surface area contributed by atoms with Crippen LogP contribution in [-0.4, -0.2) is 63.3 Å². The van der Waals surface area contributed by atoms with E-state index in [-0.39, 0.29) is 24.8 Å². The second-order valence-electron chi connectivity index (χ2n) is 10.3. The lowest BCUT2D eigenvalue weighted by Gasteiger charge is -2.36. The van der Waals surface area contributed by atoms with Gasteiger partial charge in [-0.05, 0) is 53.5 Å². The molecule has 1 aromatic carbocycles. The zero-order chi connectivity index (χ0) is 26.9. The molecule has 3 aromatic rings. The van der Waals surface area contributed by atoms with Crippen molar-refractivity contribution in [2.75, 3.05) is 13.9 Å². The molecule has 2 N–H and O–H groups in total. The van der Waals surface area contributed by atoms with Crippen molar-refractivity contribution < 1.29 is 23.8 Å². The summed E-state index contributed by atoms with van der Waals surface area (Å²) in [5.74, 6) is 0.779. The van der Waals surface area contributed by atoms with Gasteiger partial charge in [-0.15, -0.1) is 0 Å². The fourth-order valence-corrected chi connectivity index (χ4v) is 4.32. The molecule has 4 rings (SSSR count). The van der Waals surface area contributed by atoms with Gasteiger partial charge in [-0.3, -0.25) is 9.48 Å². The summed E-state index contributed by atoms with van der Waals surface area (Å²) in [6.07, 6.45) is 4.27. The maximum Gasteiger partial charge on any atom is 0.407 e. The molecule has 37 heavy (non-hydrogen) atoms. The Balaban J connectivity index is 1.46. The van der Waals surface area contributed by atoms with Crippen molar-refractivity contribution in [3.05, 3.63) is 35.3 Å². The molecule has 0 spiro atoms. The van der Waals surface area contributed by atoms with Gasteiger partial charge in [0, 0.05) is 49.6 Å². The summed E-state index contributed by atoms with van der Waals surface area (Å²) < 4.78 is 18.0. The van der Waals surface area contributed by atoms with Crippen molar-refractivity contribution in [2.45, 2.75) is 65.1 Å². The van der Waals surface area contributed by atoms with Crippen LogP contribution in [0.2, 0.25) is 0 Å². The topological polar surface area (TPSA) is 129 Å². The highest BCUT2D eigenvalue weighted by Crippen LogP contribution is 2.36. The molecule has 198 valence electrons. The van der Waals surface area contributed by atoms with Crippen LogP contribution in [0.25, 0.3) is 22.3 Å². The SMILES string of the molecule is COCOc1c(-c2ncc(C(=O)NC3CC(NC(=O)OC(C)(C)C)C3)c(C)n2)cc2cn(C)nc2c1C. The number of carbonyl (C=O) groups is 2. The largest absolute Gasteiger partial charge is 0.466 e. The first kappa shape index (κ1) is 26.3. The lowest BCUT2D eigenvalue weighted by atomic mass is 9.86. The number of hydrogen-bond donors (Lipinski definition) is 2. The molecule has 1 fully saturated rings. The average molecular weight is 511 g/mol. The summed E-state index contributed by atoms with van der Waals surface area (Å²) in [5, 5.41) is 11.3. The van der Waals surface area contributed by atoms with Crippen molar-refractivity contribution in [3.63, 3.8) is 0 Å². The van der Waals surface area contributed by atoms with Gasteiger partial charge in [0.05, 0.1) is 22.3 Å². The predicted octanol–water partition coefficient (Wildman–Crippen LogP) is 3.42. The molecule has 2 heterocycles. The van der Waals surface area contributed by atoms with Crippen LogP contribution < -0.4 is 15.4 Å². The van der Waals surface area contributed by atoms with Crippen LogP contribution in [0.3, 0.4) is 0 Å². The van der Waals surface area contributed by atoms with Crippen LogP contribution in [0.1, 0.15) is 55.2 Å². The second kappa shape index (κ2) is 10.3. The number of hydrogen-bond acceptors (Lipinski definition) is 8. The first-order valence-corrected chi connectivity index (χ1v) is 12.2. The number of carbonyl (C=O) groups excluding carboxylic acids is 2. The lowest BCUT2D eigenvalue weighted by molar-refractivity contribution is 0.0465. The Labute approximate surface area is 215 Å². The van der Waals surface area contributed by atoms with E-state index >= 15 is 0 Å². The molecule has 0 bridgehead atoms. The monoisotopic (exact) mass is 510 g/mol. The smallest absolute Gasteiger partial charge is 0.407 e. The number of aromatic nitrogens is 4. The van der Waals surface area contributed by atoms with E-state index < -0.39 is 11.7 Å². The van der Waals surface area contributed by atoms with Crippen LogP contribution in [0, 0.1) is 13.8 Å². The highest BCUT2D eigenvalue weighted by atomic mass is 16.7. The van der Waals surface area contributed by atoms with E-state index in [4.69, 9.17) is 14.2 Å². The number of ether oxygens (including phenoxy) is 3. The molecule has 0 atom stereocenters. The first-order chi connectivity index (χ1) is 17.4. The predicted molar refractivity (Wildman–Crippen MR) is 137 cm³/mol. The average Bonchev–Trinajstić information content (AvgIpc) is 3.16. The van der Waals surface area contributed by atoms with Crippen molar-refractivity contribution in [2.24, 2.45) is 7.05 Å². The summed E-state index contributed by atoms with van der Waals surface area (Å²) in [5.41, 5.74) is 2.76. The Hall–Kier alpha value is -3.73. The number of nitrogens with zero attached hydrogens (tertiary/aromatic N) is 4. The van der Waals surface area contributed by atoms with Gasteiger partial charge in [0.25, 0.3) is 5.91 Å². The van der Waals surface area contributed by atoms with Crippen molar-refractivity contribution in [1.82, 2.24) is 30.4 Å². The van der Waals surface area contributed by atoms with Crippen molar-refractivity contribution in [3.8, 4) is 17.1 Å². The molecule has 0 radical (unpaired) electrons. The van der Waals surface area contributed by atoms with E-state index in [1.807, 2.05) is 47.0 Å². The molecule has 1 saturated carbocycles. The van der Waals surface area contributed by atoms with Gasteiger partial charge >= 0.3 is 6.09 Å². The minimum absolute atomic E-state index is 0.0315. The summed E-state index contributed by atoms with van der Waals surface area (Å²) >= 11 is 0. The highest BCUT2D eigenvalue weighted by molar-refractivity contribution is 5.95. The molecule has 2 aromatic heterocycles. The van der Waals surface area contributed by atoms with E-state index in [9.17, 15) is 9.59 Å². The minimum Gasteiger partial charge on any atom is -0.466 e. The minimum atomic E-state index is -0.551. The third-order valence-electron chi connectivity index (χ3n) is 6.08. The number of methoxy groups -OCH3 is 1. The third-order valence-corrected chi connectivity index (χ3v) is 6.08. The Morgan fingerprint density at radius 1 is 1.16 bits per heavy atom. The summed E-state index contributed by atoms with van der Waals surface area (Å²) in [6.45, 7) is 9.23. The molecule has 2 amide bonds. The third kappa shape index (κ3) is 5.99. The van der Waals surface area contributed by atoms with E-state index in [1.54, 1.807) is 18.7 Å².